The Kier molecular flexibility index (Phi) is 11.2. The number of hydrogen-bond acceptors (Lipinski definition) is 7. The fraction of sp³-hybridized carbons (Fsp3) is 0.241. The molecule has 0 radical (unpaired) electrons. The smallest absolute Gasteiger partial charge is 0.264 e. The third-order valence-corrected chi connectivity index (χ3v) is 6.90. The van der Waals surface area contributed by atoms with Crippen molar-refractivity contribution < 1.29 is 19.0 Å². The topological polar surface area (TPSA) is 92.6 Å². The van der Waals surface area contributed by atoms with Crippen LogP contribution < -0.4 is 24.8 Å². The fourth-order valence-corrected chi connectivity index (χ4v) is 4.86. The Morgan fingerprint density at radius 3 is 2.45 bits per heavy atom. The predicted molar refractivity (Wildman–Crippen MR) is 153 cm³/mol. The molecule has 3 aromatic rings. The van der Waals surface area contributed by atoms with Gasteiger partial charge in [-0.05, 0) is 54.8 Å². The number of thioether (sulfide) groups is 1. The van der Waals surface area contributed by atoms with E-state index in [2.05, 4.69) is 16.7 Å². The number of nitriles is 1. The minimum Gasteiger partial charge on any atom is -0.493 e. The highest BCUT2D eigenvalue weighted by Crippen LogP contribution is 2.33. The first-order chi connectivity index (χ1) is 18.5. The summed E-state index contributed by atoms with van der Waals surface area (Å²) in [6, 6.07) is 22.5. The van der Waals surface area contributed by atoms with Gasteiger partial charge in [-0.2, -0.15) is 5.26 Å². The maximum Gasteiger partial charge on any atom is 0.264 e. The van der Waals surface area contributed by atoms with Crippen molar-refractivity contribution >= 4 is 35.0 Å². The number of benzene rings is 3. The summed E-state index contributed by atoms with van der Waals surface area (Å²) >= 11 is 7.67. The molecule has 0 aliphatic carbocycles. The fourth-order valence-electron chi connectivity index (χ4n) is 3.56. The molecule has 2 N–H and O–H groups in total. The standard InChI is InChI=1S/C29H30ClN3O4S/c1-4-37-25-12-8-7-11-24(25)33-29(38-19-21-9-5-6-10-23(21)30)22(18-31)28(34)32-16-15-20-13-14-26(35-2)27(17-20)36-3/h5-14,17,33H,4,15-16,19H2,1-3H3,(H,32,34)/b29-22+. The first kappa shape index (κ1) is 28.8. The van der Waals surface area contributed by atoms with Crippen LogP contribution in [0, 0.1) is 11.3 Å². The van der Waals surface area contributed by atoms with Crippen molar-refractivity contribution in [3.8, 4) is 23.3 Å². The number of nitrogens with one attached hydrogen (secondary N) is 2. The van der Waals surface area contributed by atoms with Crippen LogP contribution in [0.15, 0.2) is 77.3 Å². The summed E-state index contributed by atoms with van der Waals surface area (Å²) in [5, 5.41) is 17.1. The second-order valence-corrected chi connectivity index (χ2v) is 9.34. The number of anilines is 1. The van der Waals surface area contributed by atoms with Gasteiger partial charge in [-0.3, -0.25) is 4.79 Å². The van der Waals surface area contributed by atoms with Gasteiger partial charge in [0, 0.05) is 17.3 Å². The van der Waals surface area contributed by atoms with Crippen LogP contribution in [0.4, 0.5) is 5.69 Å². The number of carbonyl (C=O) groups is 1. The molecule has 0 saturated carbocycles. The second-order valence-electron chi connectivity index (χ2n) is 7.95. The number of amides is 1. The molecular formula is C29H30ClN3O4S. The number of halogens is 1. The molecule has 0 aliphatic rings. The van der Waals surface area contributed by atoms with E-state index < -0.39 is 5.91 Å². The molecular weight excluding hydrogens is 522 g/mol. The summed E-state index contributed by atoms with van der Waals surface area (Å²) in [6.07, 6.45) is 0.549. The van der Waals surface area contributed by atoms with Gasteiger partial charge in [-0.1, -0.05) is 48.0 Å². The molecule has 0 saturated heterocycles. The van der Waals surface area contributed by atoms with Crippen molar-refractivity contribution in [2.75, 3.05) is 32.7 Å². The van der Waals surface area contributed by atoms with Crippen LogP contribution in [-0.4, -0.2) is 33.3 Å². The largest absolute Gasteiger partial charge is 0.493 e. The second kappa shape index (κ2) is 14.8. The summed E-state index contributed by atoms with van der Waals surface area (Å²) in [5.74, 6) is 1.86. The molecule has 0 heterocycles. The van der Waals surface area contributed by atoms with Gasteiger partial charge in [0.05, 0.1) is 31.5 Å². The summed E-state index contributed by atoms with van der Waals surface area (Å²) in [5.41, 5.74) is 2.48. The molecule has 0 unspecified atom stereocenters. The number of carbonyl (C=O) groups excluding carboxylic acids is 1. The molecule has 3 rings (SSSR count). The molecule has 9 heteroatoms. The molecule has 1 amide bonds. The highest BCUT2D eigenvalue weighted by Gasteiger charge is 2.18. The molecule has 3 aromatic carbocycles. The third kappa shape index (κ3) is 7.85. The van der Waals surface area contributed by atoms with E-state index in [0.717, 1.165) is 11.1 Å². The summed E-state index contributed by atoms with van der Waals surface area (Å²) in [6.45, 7) is 2.70. The number of nitrogens with zero attached hydrogens (tertiary/aromatic N) is 1. The van der Waals surface area contributed by atoms with Gasteiger partial charge in [0.1, 0.15) is 17.4 Å². The third-order valence-electron chi connectivity index (χ3n) is 5.48. The van der Waals surface area contributed by atoms with Gasteiger partial charge >= 0.3 is 0 Å². The summed E-state index contributed by atoms with van der Waals surface area (Å²) in [7, 11) is 3.15. The molecule has 0 bridgehead atoms. The quantitative estimate of drug-likeness (QED) is 0.193. The van der Waals surface area contributed by atoms with Crippen molar-refractivity contribution in [3.63, 3.8) is 0 Å². The molecule has 0 aliphatic heterocycles. The zero-order chi connectivity index (χ0) is 27.3. The molecule has 0 spiro atoms. The Labute approximate surface area is 232 Å². The number of para-hydroxylation sites is 2. The lowest BCUT2D eigenvalue weighted by Crippen LogP contribution is -2.28. The van der Waals surface area contributed by atoms with Crippen LogP contribution in [0.2, 0.25) is 5.02 Å². The molecule has 38 heavy (non-hydrogen) atoms. The van der Waals surface area contributed by atoms with Gasteiger partial charge in [0.25, 0.3) is 5.91 Å². The van der Waals surface area contributed by atoms with Crippen LogP contribution in [-0.2, 0) is 17.0 Å². The molecule has 0 aromatic heterocycles. The van der Waals surface area contributed by atoms with E-state index in [-0.39, 0.29) is 5.57 Å². The minimum atomic E-state index is -0.476. The normalized spacial score (nSPS) is 11.1. The van der Waals surface area contributed by atoms with Crippen molar-refractivity contribution in [1.29, 1.82) is 5.26 Å². The lowest BCUT2D eigenvalue weighted by molar-refractivity contribution is -0.117. The SMILES string of the molecule is CCOc1ccccc1N/C(SCc1ccccc1Cl)=C(/C#N)C(=O)NCCc1ccc(OC)c(OC)c1. The Bertz CT molecular complexity index is 1320. The maximum atomic E-state index is 13.2. The highest BCUT2D eigenvalue weighted by molar-refractivity contribution is 8.02. The minimum absolute atomic E-state index is 0.0272. The molecule has 198 valence electrons. The van der Waals surface area contributed by atoms with Gasteiger partial charge in [-0.15, -0.1) is 11.8 Å². The van der Waals surface area contributed by atoms with Gasteiger partial charge in [-0.25, -0.2) is 0 Å². The first-order valence-electron chi connectivity index (χ1n) is 12.0. The Balaban J connectivity index is 1.81. The van der Waals surface area contributed by atoms with Gasteiger partial charge in [0.2, 0.25) is 0 Å². The van der Waals surface area contributed by atoms with Crippen molar-refractivity contribution in [1.82, 2.24) is 5.32 Å². The van der Waals surface area contributed by atoms with Crippen molar-refractivity contribution in [3.05, 3.63) is 93.5 Å². The monoisotopic (exact) mass is 551 g/mol. The lowest BCUT2D eigenvalue weighted by Gasteiger charge is -2.16. The van der Waals surface area contributed by atoms with Crippen LogP contribution in [0.1, 0.15) is 18.1 Å². The van der Waals surface area contributed by atoms with E-state index in [4.69, 9.17) is 25.8 Å². The zero-order valence-corrected chi connectivity index (χ0v) is 23.1. The van der Waals surface area contributed by atoms with Gasteiger partial charge in [0.15, 0.2) is 11.5 Å². The zero-order valence-electron chi connectivity index (χ0n) is 21.5. The van der Waals surface area contributed by atoms with Crippen molar-refractivity contribution in [2.45, 2.75) is 19.1 Å². The summed E-state index contributed by atoms with van der Waals surface area (Å²) in [4.78, 5) is 13.2. The Morgan fingerprint density at radius 1 is 1.00 bits per heavy atom. The Hall–Kier alpha value is -3.80. The number of hydrogen-bond donors (Lipinski definition) is 2. The average molecular weight is 552 g/mol. The van der Waals surface area contributed by atoms with Crippen LogP contribution >= 0.6 is 23.4 Å². The van der Waals surface area contributed by atoms with E-state index in [1.54, 1.807) is 14.2 Å². The molecule has 7 nitrogen and oxygen atoms in total. The maximum absolute atomic E-state index is 13.2. The van der Waals surface area contributed by atoms with E-state index in [0.29, 0.717) is 58.3 Å². The van der Waals surface area contributed by atoms with E-state index in [1.165, 1.54) is 11.8 Å². The summed E-state index contributed by atoms with van der Waals surface area (Å²) < 4.78 is 16.4. The average Bonchev–Trinajstić information content (AvgIpc) is 2.93. The lowest BCUT2D eigenvalue weighted by atomic mass is 10.1. The first-order valence-corrected chi connectivity index (χ1v) is 13.4. The Morgan fingerprint density at radius 2 is 1.74 bits per heavy atom. The van der Waals surface area contributed by atoms with Gasteiger partial charge < -0.3 is 24.8 Å². The predicted octanol–water partition coefficient (Wildman–Crippen LogP) is 6.20. The number of ether oxygens (including phenoxy) is 3. The van der Waals surface area contributed by atoms with E-state index >= 15 is 0 Å². The highest BCUT2D eigenvalue weighted by atomic mass is 35.5. The number of methoxy groups -OCH3 is 2. The van der Waals surface area contributed by atoms with E-state index in [9.17, 15) is 10.1 Å². The van der Waals surface area contributed by atoms with E-state index in [1.807, 2.05) is 73.7 Å². The van der Waals surface area contributed by atoms with Crippen molar-refractivity contribution in [2.24, 2.45) is 0 Å². The van der Waals surface area contributed by atoms with Crippen LogP contribution in [0.5, 0.6) is 17.2 Å². The molecule has 0 fully saturated rings. The van der Waals surface area contributed by atoms with Crippen LogP contribution in [0.3, 0.4) is 0 Å². The molecule has 0 atom stereocenters. The number of rotatable bonds is 13. The van der Waals surface area contributed by atoms with Crippen LogP contribution in [0.25, 0.3) is 0 Å².